The van der Waals surface area contributed by atoms with Gasteiger partial charge in [0.05, 0.1) is 6.04 Å². The Hall–Kier alpha value is -6.60. The molecule has 0 unspecified atom stereocenters. The number of nitriles is 2. The fourth-order valence-electron chi connectivity index (χ4n) is 7.91. The number of carbonyl (C=O) groups is 6. The second-order valence-corrected chi connectivity index (χ2v) is 21.7. The third-order valence-electron chi connectivity index (χ3n) is 11.5. The summed E-state index contributed by atoms with van der Waals surface area (Å²) in [6.07, 6.45) is 2.03. The van der Waals surface area contributed by atoms with Crippen LogP contribution in [0.4, 0.5) is 9.59 Å². The predicted molar refractivity (Wildman–Crippen MR) is 272 cm³/mol. The molecule has 2 aliphatic heterocycles. The molecule has 2 aromatic carbocycles. The lowest BCUT2D eigenvalue weighted by atomic mass is 9.85. The third-order valence-corrected chi connectivity index (χ3v) is 13.6. The molecule has 16 nitrogen and oxygen atoms in total. The van der Waals surface area contributed by atoms with Gasteiger partial charge in [0.1, 0.15) is 51.2 Å². The van der Waals surface area contributed by atoms with Crippen LogP contribution >= 0.6 is 22.7 Å². The lowest BCUT2D eigenvalue weighted by Gasteiger charge is -2.39. The molecule has 2 fully saturated rings. The Kier molecular flexibility index (Phi) is 21.3. The number of carboxylic acids is 1. The number of hydrogen-bond acceptors (Lipinski definition) is 13. The van der Waals surface area contributed by atoms with Crippen LogP contribution in [0.5, 0.6) is 0 Å². The van der Waals surface area contributed by atoms with E-state index in [-0.39, 0.29) is 29.9 Å². The molecule has 0 bridgehead atoms. The molecular formula is C53H67N7O9S2. The van der Waals surface area contributed by atoms with E-state index in [0.29, 0.717) is 50.2 Å². The number of aliphatic carboxylic acids is 1. The van der Waals surface area contributed by atoms with Gasteiger partial charge in [0, 0.05) is 35.8 Å². The number of Topliss-reactive ketones (excluding diaryl/α,β-unsaturated/α-hetero) is 1. The van der Waals surface area contributed by atoms with Crippen molar-refractivity contribution < 1.29 is 43.3 Å². The van der Waals surface area contributed by atoms with Gasteiger partial charge in [0.2, 0.25) is 11.8 Å². The number of nitrogens with zero attached hydrogens (tertiary/aromatic N) is 4. The van der Waals surface area contributed by atoms with Gasteiger partial charge in [0.15, 0.2) is 5.78 Å². The minimum absolute atomic E-state index is 0.0931. The van der Waals surface area contributed by atoms with E-state index in [2.05, 4.69) is 16.7 Å². The molecule has 380 valence electrons. The van der Waals surface area contributed by atoms with E-state index < -0.39 is 59.4 Å². The highest BCUT2D eigenvalue weighted by molar-refractivity contribution is 7.12. The molecule has 0 aliphatic carbocycles. The lowest BCUT2D eigenvalue weighted by Crippen LogP contribution is -2.56. The summed E-state index contributed by atoms with van der Waals surface area (Å²) in [5, 5.41) is 31.7. The van der Waals surface area contributed by atoms with Crippen molar-refractivity contribution in [1.82, 2.24) is 20.4 Å². The molecule has 2 aromatic heterocycles. The maximum atomic E-state index is 13.3. The standard InChI is InChI=1S/C27H33N3O4S.C20H28N2O5.C6H6N2S/c1-18(24(31)13-12-21-10-11-22(17-28)35-21)29-25(32)23-16-20(19-8-6-5-7-9-19)14-15-30(23)26(33)34-27(2,3)4;1-13(18(24)25)21-17(23)16-12-15(14-8-6-5-7-9-14)10-11-22(16)19(26)27-20(2,3)4;7-3-5-1-2-6(4-8)9-5/h5-11,18,20,23H,12-16H2,1-4H3,(H,29,32);5-9,13,15-16H,10-12H2,1-4H3,(H,21,23)(H,24,25);1-2H,3,7H2/t18-,20-,23+;13-,15-,16+;/m00./s1. The normalized spacial score (nSPS) is 18.5. The molecule has 5 N–H and O–H groups in total. The third kappa shape index (κ3) is 18.3. The zero-order valence-corrected chi connectivity index (χ0v) is 43.4. The van der Waals surface area contributed by atoms with Crippen LogP contribution in [-0.4, -0.2) is 99.1 Å². The van der Waals surface area contributed by atoms with Crippen molar-refractivity contribution in [3.8, 4) is 12.1 Å². The summed E-state index contributed by atoms with van der Waals surface area (Å²) in [4.78, 5) is 81.7. The molecule has 4 amide bonds. The number of ketones is 1. The molecule has 71 heavy (non-hydrogen) atoms. The first-order valence-corrected chi connectivity index (χ1v) is 25.3. The average Bonchev–Trinajstić information content (AvgIpc) is 4.02. The van der Waals surface area contributed by atoms with Gasteiger partial charge in [-0.3, -0.25) is 29.0 Å². The van der Waals surface area contributed by atoms with Crippen LogP contribution in [0.2, 0.25) is 0 Å². The quantitative estimate of drug-likeness (QED) is 0.104. The summed E-state index contributed by atoms with van der Waals surface area (Å²) in [6, 6.07) is 28.0. The summed E-state index contributed by atoms with van der Waals surface area (Å²) < 4.78 is 11.0. The molecule has 6 atom stereocenters. The fraction of sp³-hybridized carbons (Fsp3) is 0.472. The van der Waals surface area contributed by atoms with Crippen LogP contribution in [-0.2, 0) is 41.6 Å². The number of nitrogens with one attached hydrogen (secondary N) is 2. The summed E-state index contributed by atoms with van der Waals surface area (Å²) in [6.45, 7) is 15.1. The molecule has 4 aromatic rings. The summed E-state index contributed by atoms with van der Waals surface area (Å²) >= 11 is 2.82. The van der Waals surface area contributed by atoms with Crippen molar-refractivity contribution in [2.24, 2.45) is 5.73 Å². The molecule has 6 rings (SSSR count). The number of thiophene rings is 2. The molecule has 2 aliphatic rings. The predicted octanol–water partition coefficient (Wildman–Crippen LogP) is 8.65. The van der Waals surface area contributed by atoms with E-state index in [1.807, 2.05) is 78.9 Å². The van der Waals surface area contributed by atoms with Crippen molar-refractivity contribution in [2.45, 2.75) is 148 Å². The van der Waals surface area contributed by atoms with Gasteiger partial charge in [-0.1, -0.05) is 60.7 Å². The van der Waals surface area contributed by atoms with Gasteiger partial charge in [0.25, 0.3) is 0 Å². The Morgan fingerprint density at radius 3 is 1.45 bits per heavy atom. The first kappa shape index (κ1) is 57.0. The van der Waals surface area contributed by atoms with Crippen LogP contribution in [0.1, 0.15) is 130 Å². The number of rotatable bonds is 12. The number of benzene rings is 2. The number of carbonyl (C=O) groups excluding carboxylic acids is 5. The number of aryl methyl sites for hydroxylation is 1. The van der Waals surface area contributed by atoms with Gasteiger partial charge < -0.3 is 30.9 Å². The smallest absolute Gasteiger partial charge is 0.410 e. The van der Waals surface area contributed by atoms with Gasteiger partial charge in [-0.2, -0.15) is 10.5 Å². The SMILES string of the molecule is C[C@H](NC(=O)[C@H]1C[C@@H](c2ccccc2)CCN1C(=O)OC(C)(C)C)C(=O)CCc1ccc(C#N)s1.C[C@H](NC(=O)[C@H]1C[C@@H](c2ccccc2)CCN1C(=O)OC(C)(C)C)C(=O)O.N#Cc1ccc(CN)s1. The van der Waals surface area contributed by atoms with Crippen molar-refractivity contribution in [3.05, 3.63) is 116 Å². The second-order valence-electron chi connectivity index (χ2n) is 19.4. The molecular weight excluding hydrogens is 943 g/mol. The largest absolute Gasteiger partial charge is 0.480 e. The Morgan fingerprint density at radius 2 is 1.08 bits per heavy atom. The number of piperidine rings is 2. The minimum Gasteiger partial charge on any atom is -0.480 e. The van der Waals surface area contributed by atoms with E-state index >= 15 is 0 Å². The van der Waals surface area contributed by atoms with E-state index in [4.69, 9.17) is 30.8 Å². The maximum absolute atomic E-state index is 13.3. The molecule has 0 radical (unpaired) electrons. The minimum atomic E-state index is -1.12. The van der Waals surface area contributed by atoms with Crippen molar-refractivity contribution in [3.63, 3.8) is 0 Å². The Balaban J connectivity index is 0.000000268. The van der Waals surface area contributed by atoms with Gasteiger partial charge in [-0.25, -0.2) is 9.59 Å². The number of carboxylic acid groups (broad SMARTS) is 1. The zero-order chi connectivity index (χ0) is 52.5. The van der Waals surface area contributed by atoms with Crippen LogP contribution in [0, 0.1) is 22.7 Å². The Bertz CT molecular complexity index is 2500. The van der Waals surface area contributed by atoms with Crippen LogP contribution in [0.3, 0.4) is 0 Å². The van der Waals surface area contributed by atoms with Gasteiger partial charge >= 0.3 is 18.2 Å². The summed E-state index contributed by atoms with van der Waals surface area (Å²) in [7, 11) is 0. The van der Waals surface area contributed by atoms with Gasteiger partial charge in [-0.05, 0) is 135 Å². The monoisotopic (exact) mass is 1010 g/mol. The summed E-state index contributed by atoms with van der Waals surface area (Å²) in [5.41, 5.74) is 6.20. The number of ether oxygens (including phenoxy) is 2. The second kappa shape index (κ2) is 26.6. The molecule has 0 spiro atoms. The Morgan fingerprint density at radius 1 is 0.676 bits per heavy atom. The highest BCUT2D eigenvalue weighted by Crippen LogP contribution is 2.34. The van der Waals surface area contributed by atoms with Crippen LogP contribution in [0.15, 0.2) is 84.9 Å². The molecule has 2 saturated heterocycles. The molecule has 18 heteroatoms. The lowest BCUT2D eigenvalue weighted by molar-refractivity contribution is -0.142. The number of hydrogen-bond donors (Lipinski definition) is 4. The van der Waals surface area contributed by atoms with E-state index in [1.165, 1.54) is 39.4 Å². The number of amides is 4. The number of likely N-dealkylation sites (tertiary alicyclic amines) is 2. The van der Waals surface area contributed by atoms with Crippen molar-refractivity contribution in [1.29, 1.82) is 10.5 Å². The van der Waals surface area contributed by atoms with Crippen LogP contribution in [0.25, 0.3) is 0 Å². The van der Waals surface area contributed by atoms with Crippen molar-refractivity contribution >= 4 is 58.4 Å². The zero-order valence-electron chi connectivity index (χ0n) is 41.8. The topological polar surface area (TPSA) is 245 Å². The Labute approximate surface area is 425 Å². The first-order chi connectivity index (χ1) is 33.5. The summed E-state index contributed by atoms with van der Waals surface area (Å²) in [5.74, 6) is -1.80. The highest BCUT2D eigenvalue weighted by atomic mass is 32.1. The average molecular weight is 1010 g/mol. The first-order valence-electron chi connectivity index (χ1n) is 23.6. The fourth-order valence-corrected chi connectivity index (χ4v) is 9.39. The van der Waals surface area contributed by atoms with E-state index in [1.54, 1.807) is 60.6 Å². The maximum Gasteiger partial charge on any atom is 0.410 e. The van der Waals surface area contributed by atoms with E-state index in [9.17, 15) is 28.8 Å². The molecule has 4 heterocycles. The highest BCUT2D eigenvalue weighted by Gasteiger charge is 2.41. The number of nitrogens with two attached hydrogens (primary N) is 1. The van der Waals surface area contributed by atoms with Gasteiger partial charge in [-0.15, -0.1) is 22.7 Å². The molecule has 0 saturated carbocycles. The van der Waals surface area contributed by atoms with Crippen molar-refractivity contribution in [2.75, 3.05) is 13.1 Å². The van der Waals surface area contributed by atoms with Crippen LogP contribution < -0.4 is 16.4 Å². The van der Waals surface area contributed by atoms with E-state index in [0.717, 1.165) is 32.2 Å².